The smallest absolute Gasteiger partial charge is 0.270 e. The average Bonchev–Trinajstić information content (AvgIpc) is 2.38. The molecule has 1 heterocycles. The quantitative estimate of drug-likeness (QED) is 0.867. The molecule has 0 saturated carbocycles. The molecular weight excluding hydrogens is 269 g/mol. The van der Waals surface area contributed by atoms with Crippen LogP contribution in [0.15, 0.2) is 47.5 Å². The van der Waals surface area contributed by atoms with Gasteiger partial charge in [-0.25, -0.2) is 17.8 Å². The van der Waals surface area contributed by atoms with E-state index in [1.807, 2.05) is 0 Å². The van der Waals surface area contributed by atoms with Gasteiger partial charge in [0.05, 0.1) is 5.69 Å². The summed E-state index contributed by atoms with van der Waals surface area (Å²) in [6.07, 6.45) is 1.45. The lowest BCUT2D eigenvalue weighted by Gasteiger charge is -2.19. The molecule has 0 fully saturated rings. The van der Waals surface area contributed by atoms with E-state index in [0.29, 0.717) is 0 Å². The molecule has 0 aliphatic heterocycles. The fourth-order valence-corrected chi connectivity index (χ4v) is 2.91. The predicted molar refractivity (Wildman–Crippen MR) is 70.6 cm³/mol. The van der Waals surface area contributed by atoms with E-state index in [1.54, 1.807) is 12.1 Å². The largest absolute Gasteiger partial charge is 0.398 e. The minimum absolute atomic E-state index is 0.136. The van der Waals surface area contributed by atoms with Crippen molar-refractivity contribution in [3.8, 4) is 0 Å². The Hall–Kier alpha value is -2.15. The molecule has 0 atom stereocenters. The summed E-state index contributed by atoms with van der Waals surface area (Å²) in [5, 5.41) is 0. The molecule has 0 aliphatic rings. The molecule has 100 valence electrons. The summed E-state index contributed by atoms with van der Waals surface area (Å²) in [4.78, 5) is 3.37. The Morgan fingerprint density at radius 2 is 1.95 bits per heavy atom. The molecule has 0 amide bonds. The highest BCUT2D eigenvalue weighted by molar-refractivity contribution is 7.93. The van der Waals surface area contributed by atoms with Gasteiger partial charge >= 0.3 is 0 Å². The molecule has 0 bridgehead atoms. The molecule has 2 N–H and O–H groups in total. The second kappa shape index (κ2) is 4.85. The highest BCUT2D eigenvalue weighted by Crippen LogP contribution is 2.26. The van der Waals surface area contributed by atoms with E-state index in [-0.39, 0.29) is 11.5 Å². The van der Waals surface area contributed by atoms with Gasteiger partial charge in [-0.05, 0) is 24.3 Å². The third-order valence-electron chi connectivity index (χ3n) is 2.59. The first kappa shape index (κ1) is 13.3. The number of sulfonamides is 1. The number of aromatic nitrogens is 1. The van der Waals surface area contributed by atoms with Crippen molar-refractivity contribution in [2.45, 2.75) is 4.90 Å². The van der Waals surface area contributed by atoms with Crippen LogP contribution in [0.25, 0.3) is 0 Å². The number of anilines is 2. The molecule has 7 heteroatoms. The van der Waals surface area contributed by atoms with Crippen LogP contribution in [0.3, 0.4) is 0 Å². The third-order valence-corrected chi connectivity index (χ3v) is 4.44. The molecule has 0 radical (unpaired) electrons. The van der Waals surface area contributed by atoms with Crippen molar-refractivity contribution in [1.29, 1.82) is 0 Å². The van der Waals surface area contributed by atoms with Crippen LogP contribution < -0.4 is 10.0 Å². The second-order valence-electron chi connectivity index (χ2n) is 3.82. The number of pyridine rings is 1. The van der Waals surface area contributed by atoms with Gasteiger partial charge < -0.3 is 5.73 Å². The Balaban J connectivity index is 2.55. The van der Waals surface area contributed by atoms with Crippen molar-refractivity contribution in [2.24, 2.45) is 0 Å². The summed E-state index contributed by atoms with van der Waals surface area (Å²) in [6, 6.07) is 8.54. The van der Waals surface area contributed by atoms with Gasteiger partial charge in [0.2, 0.25) is 0 Å². The van der Waals surface area contributed by atoms with Gasteiger partial charge in [-0.15, -0.1) is 0 Å². The number of nitrogens with two attached hydrogens (primary N) is 1. The van der Waals surface area contributed by atoms with Crippen molar-refractivity contribution in [2.75, 3.05) is 17.1 Å². The Kier molecular flexibility index (Phi) is 3.39. The zero-order valence-corrected chi connectivity index (χ0v) is 10.9. The Morgan fingerprint density at radius 1 is 1.21 bits per heavy atom. The van der Waals surface area contributed by atoms with Gasteiger partial charge in [0, 0.05) is 13.2 Å². The van der Waals surface area contributed by atoms with E-state index in [4.69, 9.17) is 5.73 Å². The highest BCUT2D eigenvalue weighted by Gasteiger charge is 2.27. The Labute approximate surface area is 110 Å². The van der Waals surface area contributed by atoms with Gasteiger partial charge in [0.15, 0.2) is 0 Å². The minimum Gasteiger partial charge on any atom is -0.398 e. The number of nitrogens with zero attached hydrogens (tertiary/aromatic N) is 2. The van der Waals surface area contributed by atoms with Crippen LogP contribution >= 0.6 is 0 Å². The van der Waals surface area contributed by atoms with E-state index < -0.39 is 20.7 Å². The molecule has 0 aliphatic carbocycles. The van der Waals surface area contributed by atoms with E-state index in [1.165, 1.54) is 31.4 Å². The maximum absolute atomic E-state index is 13.7. The molecule has 0 spiro atoms. The van der Waals surface area contributed by atoms with Crippen molar-refractivity contribution in [3.63, 3.8) is 0 Å². The van der Waals surface area contributed by atoms with Crippen LogP contribution in [-0.2, 0) is 10.0 Å². The van der Waals surface area contributed by atoms with Gasteiger partial charge in [0.1, 0.15) is 16.5 Å². The summed E-state index contributed by atoms with van der Waals surface area (Å²) in [6.45, 7) is 0. The van der Waals surface area contributed by atoms with Gasteiger partial charge in [-0.3, -0.25) is 4.31 Å². The van der Waals surface area contributed by atoms with Crippen LogP contribution in [0.5, 0.6) is 0 Å². The summed E-state index contributed by atoms with van der Waals surface area (Å²) in [5.74, 6) is -0.701. The van der Waals surface area contributed by atoms with Crippen molar-refractivity contribution in [1.82, 2.24) is 4.98 Å². The number of rotatable bonds is 3. The van der Waals surface area contributed by atoms with Crippen molar-refractivity contribution in [3.05, 3.63) is 48.4 Å². The highest BCUT2D eigenvalue weighted by atomic mass is 32.2. The maximum Gasteiger partial charge on any atom is 0.270 e. The summed E-state index contributed by atoms with van der Waals surface area (Å²) < 4.78 is 39.3. The van der Waals surface area contributed by atoms with Crippen LogP contribution in [0, 0.1) is 5.82 Å². The number of hydrogen-bond acceptors (Lipinski definition) is 4. The zero-order chi connectivity index (χ0) is 14.0. The van der Waals surface area contributed by atoms with E-state index in [9.17, 15) is 12.8 Å². The van der Waals surface area contributed by atoms with Gasteiger partial charge in [-0.1, -0.05) is 12.1 Å². The predicted octanol–water partition coefficient (Wildman–Crippen LogP) is 1.63. The topological polar surface area (TPSA) is 76.3 Å². The molecule has 0 unspecified atom stereocenters. The van der Waals surface area contributed by atoms with Crippen LogP contribution in [-0.4, -0.2) is 20.4 Å². The van der Waals surface area contributed by atoms with Crippen LogP contribution in [0.1, 0.15) is 0 Å². The fourth-order valence-electron chi connectivity index (χ4n) is 1.60. The molecule has 0 saturated heterocycles. The lowest BCUT2D eigenvalue weighted by Crippen LogP contribution is -2.28. The third kappa shape index (κ3) is 2.37. The molecular formula is C12H12FN3O2S. The first-order valence-electron chi connectivity index (χ1n) is 5.38. The standard InChI is InChI=1S/C12H12FN3O2S/c1-16(11-7-2-3-8-15-11)19(17,18)12-9(13)5-4-6-10(12)14/h2-8H,14H2,1H3. The fraction of sp³-hybridized carbons (Fsp3) is 0.0833. The minimum atomic E-state index is -4.08. The van der Waals surface area contributed by atoms with E-state index >= 15 is 0 Å². The number of hydrogen-bond donors (Lipinski definition) is 1. The van der Waals surface area contributed by atoms with E-state index in [2.05, 4.69) is 4.98 Å². The molecule has 1 aromatic heterocycles. The SMILES string of the molecule is CN(c1ccccn1)S(=O)(=O)c1c(N)cccc1F. The average molecular weight is 281 g/mol. The number of halogens is 1. The summed E-state index contributed by atoms with van der Waals surface area (Å²) in [5.41, 5.74) is 5.42. The van der Waals surface area contributed by atoms with E-state index in [0.717, 1.165) is 10.4 Å². The lowest BCUT2D eigenvalue weighted by molar-refractivity contribution is 0.567. The van der Waals surface area contributed by atoms with Crippen molar-refractivity contribution >= 4 is 21.5 Å². The summed E-state index contributed by atoms with van der Waals surface area (Å²) in [7, 11) is -2.79. The second-order valence-corrected chi connectivity index (χ2v) is 5.72. The monoisotopic (exact) mass is 281 g/mol. The number of nitrogen functional groups attached to an aromatic ring is 1. The Morgan fingerprint density at radius 3 is 2.53 bits per heavy atom. The zero-order valence-electron chi connectivity index (χ0n) is 10.1. The van der Waals surface area contributed by atoms with Crippen molar-refractivity contribution < 1.29 is 12.8 Å². The molecule has 5 nitrogen and oxygen atoms in total. The molecule has 1 aromatic carbocycles. The molecule has 19 heavy (non-hydrogen) atoms. The first-order valence-corrected chi connectivity index (χ1v) is 6.82. The molecule has 2 rings (SSSR count). The number of benzene rings is 1. The van der Waals surface area contributed by atoms with Gasteiger partial charge in [-0.2, -0.15) is 0 Å². The Bertz CT molecular complexity index is 669. The van der Waals surface area contributed by atoms with Gasteiger partial charge in [0.25, 0.3) is 10.0 Å². The summed E-state index contributed by atoms with van der Waals surface area (Å²) >= 11 is 0. The lowest BCUT2D eigenvalue weighted by atomic mass is 10.3. The van der Waals surface area contributed by atoms with Crippen LogP contribution in [0.2, 0.25) is 0 Å². The normalized spacial score (nSPS) is 11.3. The van der Waals surface area contributed by atoms with Crippen LogP contribution in [0.4, 0.5) is 15.9 Å². The molecule has 2 aromatic rings. The first-order chi connectivity index (χ1) is 8.94. The maximum atomic E-state index is 13.7.